The Labute approximate surface area is 217 Å². The van der Waals surface area contributed by atoms with Crippen molar-refractivity contribution in [3.63, 3.8) is 0 Å². The molecule has 2 aromatic heterocycles. The smallest absolute Gasteiger partial charge is 0.225 e. The lowest BCUT2D eigenvalue weighted by Gasteiger charge is -2.42. The number of pyridine rings is 2. The first-order valence-corrected chi connectivity index (χ1v) is 13.2. The standard InChI is InChI=1S/C30H31N5O2/c1-2-22-10-11-24-23(4-3-5-26(24)32-22)25-16-21(17-31)30(33-29(25)20-8-9-20)34-13-14-35(28(37)12-15-36)27(18-34)19-6-7-19/h2-5,10-11,16,19-20,27,36H,1,6-9,12-15,18H2. The molecular formula is C30H31N5O2. The van der Waals surface area contributed by atoms with Crippen molar-refractivity contribution in [2.24, 2.45) is 5.92 Å². The minimum atomic E-state index is -0.124. The first-order valence-electron chi connectivity index (χ1n) is 13.2. The Bertz CT molecular complexity index is 1420. The molecule has 3 aromatic rings. The van der Waals surface area contributed by atoms with Crippen LogP contribution in [-0.4, -0.2) is 58.2 Å². The lowest BCUT2D eigenvalue weighted by atomic mass is 9.95. The van der Waals surface area contributed by atoms with Gasteiger partial charge in [0.25, 0.3) is 0 Å². The molecule has 3 heterocycles. The van der Waals surface area contributed by atoms with Gasteiger partial charge in [-0.3, -0.25) is 4.79 Å². The molecular weight excluding hydrogens is 462 g/mol. The van der Waals surface area contributed by atoms with Gasteiger partial charge in [0.2, 0.25) is 5.91 Å². The van der Waals surface area contributed by atoms with Crippen molar-refractivity contribution >= 4 is 28.7 Å². The monoisotopic (exact) mass is 493 g/mol. The van der Waals surface area contributed by atoms with E-state index in [2.05, 4.69) is 29.7 Å². The van der Waals surface area contributed by atoms with Gasteiger partial charge in [0, 0.05) is 42.9 Å². The minimum Gasteiger partial charge on any atom is -0.396 e. The summed E-state index contributed by atoms with van der Waals surface area (Å²) in [6, 6.07) is 14.7. The van der Waals surface area contributed by atoms with Crippen molar-refractivity contribution < 1.29 is 9.90 Å². The lowest BCUT2D eigenvalue weighted by Crippen LogP contribution is -2.56. The fourth-order valence-electron chi connectivity index (χ4n) is 5.68. The maximum Gasteiger partial charge on any atom is 0.225 e. The predicted octanol–water partition coefficient (Wildman–Crippen LogP) is 4.50. The number of nitriles is 1. The third-order valence-corrected chi connectivity index (χ3v) is 7.90. The highest BCUT2D eigenvalue weighted by atomic mass is 16.3. The van der Waals surface area contributed by atoms with Crippen LogP contribution in [0.15, 0.2) is 43.0 Å². The quantitative estimate of drug-likeness (QED) is 0.521. The highest BCUT2D eigenvalue weighted by Gasteiger charge is 2.41. The second-order valence-corrected chi connectivity index (χ2v) is 10.4. The van der Waals surface area contributed by atoms with E-state index in [4.69, 9.17) is 9.97 Å². The van der Waals surface area contributed by atoms with Gasteiger partial charge in [0.1, 0.15) is 11.9 Å². The Balaban J connectivity index is 1.40. The molecule has 1 amide bonds. The molecule has 0 spiro atoms. The number of piperazine rings is 1. The third-order valence-electron chi connectivity index (χ3n) is 7.90. The second-order valence-electron chi connectivity index (χ2n) is 10.4. The topological polar surface area (TPSA) is 93.4 Å². The average Bonchev–Trinajstić information content (AvgIpc) is 3.85. The number of amides is 1. The zero-order valence-electron chi connectivity index (χ0n) is 20.9. The summed E-state index contributed by atoms with van der Waals surface area (Å²) in [4.78, 5) is 26.7. The van der Waals surface area contributed by atoms with Crippen LogP contribution in [0.4, 0.5) is 5.82 Å². The molecule has 1 N–H and O–H groups in total. The predicted molar refractivity (Wildman–Crippen MR) is 144 cm³/mol. The van der Waals surface area contributed by atoms with E-state index in [1.807, 2.05) is 29.2 Å². The van der Waals surface area contributed by atoms with Gasteiger partial charge in [-0.2, -0.15) is 5.26 Å². The van der Waals surface area contributed by atoms with E-state index >= 15 is 0 Å². The Morgan fingerprint density at radius 2 is 1.97 bits per heavy atom. The fourth-order valence-corrected chi connectivity index (χ4v) is 5.68. The van der Waals surface area contributed by atoms with Crippen LogP contribution in [-0.2, 0) is 4.79 Å². The van der Waals surface area contributed by atoms with E-state index in [1.165, 1.54) is 0 Å². The van der Waals surface area contributed by atoms with Gasteiger partial charge in [-0.05, 0) is 61.4 Å². The van der Waals surface area contributed by atoms with Crippen LogP contribution in [0.25, 0.3) is 28.1 Å². The SMILES string of the molecule is C=Cc1ccc2c(-c3cc(C#N)c(N4CCN(C(=O)CCO)C(C5CC5)C4)nc3C3CC3)cccc2n1. The normalized spacial score (nSPS) is 19.6. The molecule has 188 valence electrons. The number of carbonyl (C=O) groups excluding carboxylic acids is 1. The second kappa shape index (κ2) is 9.60. The van der Waals surface area contributed by atoms with Crippen molar-refractivity contribution in [2.45, 2.75) is 44.1 Å². The summed E-state index contributed by atoms with van der Waals surface area (Å²) in [5, 5.41) is 20.5. The number of aliphatic hydroxyl groups is 1. The summed E-state index contributed by atoms with van der Waals surface area (Å²) >= 11 is 0. The number of benzene rings is 1. The molecule has 3 fully saturated rings. The minimum absolute atomic E-state index is 0.0192. The van der Waals surface area contributed by atoms with Gasteiger partial charge < -0.3 is 14.9 Å². The molecule has 1 aromatic carbocycles. The van der Waals surface area contributed by atoms with Gasteiger partial charge in [-0.25, -0.2) is 9.97 Å². The fraction of sp³-hybridized carbons (Fsp3) is 0.400. The van der Waals surface area contributed by atoms with Crippen LogP contribution >= 0.6 is 0 Å². The Kier molecular flexibility index (Phi) is 6.13. The zero-order chi connectivity index (χ0) is 25.5. The summed E-state index contributed by atoms with van der Waals surface area (Å²) in [5.41, 5.74) is 5.41. The van der Waals surface area contributed by atoms with Crippen molar-refractivity contribution in [2.75, 3.05) is 31.1 Å². The maximum atomic E-state index is 12.7. The van der Waals surface area contributed by atoms with Gasteiger partial charge >= 0.3 is 0 Å². The molecule has 7 heteroatoms. The van der Waals surface area contributed by atoms with E-state index in [9.17, 15) is 15.2 Å². The number of anilines is 1. The Morgan fingerprint density at radius 3 is 2.68 bits per heavy atom. The van der Waals surface area contributed by atoms with Crippen LogP contribution in [0.5, 0.6) is 0 Å². The van der Waals surface area contributed by atoms with E-state index < -0.39 is 0 Å². The van der Waals surface area contributed by atoms with E-state index in [1.54, 1.807) is 6.08 Å². The van der Waals surface area contributed by atoms with Crippen LogP contribution < -0.4 is 4.90 Å². The summed E-state index contributed by atoms with van der Waals surface area (Å²) in [5.74, 6) is 1.64. The summed E-state index contributed by atoms with van der Waals surface area (Å²) in [7, 11) is 0. The number of aromatic nitrogens is 2. The van der Waals surface area contributed by atoms with Crippen molar-refractivity contribution in [3.05, 3.63) is 59.9 Å². The Morgan fingerprint density at radius 1 is 1.14 bits per heavy atom. The highest BCUT2D eigenvalue weighted by Crippen LogP contribution is 2.46. The van der Waals surface area contributed by atoms with E-state index in [-0.39, 0.29) is 25.0 Å². The average molecular weight is 494 g/mol. The molecule has 6 rings (SSSR count). The summed E-state index contributed by atoms with van der Waals surface area (Å²) in [6.45, 7) is 5.61. The zero-order valence-corrected chi connectivity index (χ0v) is 20.9. The summed E-state index contributed by atoms with van der Waals surface area (Å²) < 4.78 is 0. The molecule has 1 saturated heterocycles. The van der Waals surface area contributed by atoms with Gasteiger partial charge in [-0.15, -0.1) is 0 Å². The number of hydrogen-bond donors (Lipinski definition) is 1. The number of nitrogens with zero attached hydrogens (tertiary/aromatic N) is 5. The molecule has 3 aliphatic rings. The highest BCUT2D eigenvalue weighted by molar-refractivity contribution is 5.96. The molecule has 0 radical (unpaired) electrons. The number of rotatable bonds is 7. The first-order chi connectivity index (χ1) is 18.1. The van der Waals surface area contributed by atoms with Gasteiger partial charge in [0.15, 0.2) is 0 Å². The molecule has 1 unspecified atom stereocenters. The van der Waals surface area contributed by atoms with E-state index in [0.717, 1.165) is 64.9 Å². The Hall–Kier alpha value is -3.76. The summed E-state index contributed by atoms with van der Waals surface area (Å²) in [6.07, 6.45) is 6.35. The van der Waals surface area contributed by atoms with Crippen molar-refractivity contribution in [3.8, 4) is 17.2 Å². The molecule has 0 bridgehead atoms. The van der Waals surface area contributed by atoms with Crippen LogP contribution in [0.3, 0.4) is 0 Å². The van der Waals surface area contributed by atoms with Gasteiger partial charge in [-0.1, -0.05) is 24.8 Å². The number of fused-ring (bicyclic) bond motifs is 1. The van der Waals surface area contributed by atoms with Crippen LogP contribution in [0, 0.1) is 17.2 Å². The van der Waals surface area contributed by atoms with Crippen LogP contribution in [0.2, 0.25) is 0 Å². The third kappa shape index (κ3) is 4.47. The lowest BCUT2D eigenvalue weighted by molar-refractivity contribution is -0.135. The molecule has 7 nitrogen and oxygen atoms in total. The number of aliphatic hydroxyl groups excluding tert-OH is 1. The van der Waals surface area contributed by atoms with E-state index in [0.29, 0.717) is 37.0 Å². The number of hydrogen-bond acceptors (Lipinski definition) is 6. The van der Waals surface area contributed by atoms with Crippen molar-refractivity contribution in [1.29, 1.82) is 5.26 Å². The molecule has 37 heavy (non-hydrogen) atoms. The molecule has 1 aliphatic heterocycles. The number of carbonyl (C=O) groups is 1. The molecule has 1 atom stereocenters. The maximum absolute atomic E-state index is 12.7. The largest absolute Gasteiger partial charge is 0.396 e. The van der Waals surface area contributed by atoms with Crippen LogP contribution in [0.1, 0.15) is 55.0 Å². The molecule has 2 aliphatic carbocycles. The molecule has 2 saturated carbocycles. The van der Waals surface area contributed by atoms with Crippen molar-refractivity contribution in [1.82, 2.24) is 14.9 Å². The first kappa shape index (κ1) is 23.6. The van der Waals surface area contributed by atoms with Gasteiger partial charge in [0.05, 0.1) is 35.1 Å².